The summed E-state index contributed by atoms with van der Waals surface area (Å²) in [6.07, 6.45) is 5.74. The molecule has 2 aromatic rings. The second-order valence-corrected chi connectivity index (χ2v) is 9.49. The van der Waals surface area contributed by atoms with E-state index in [9.17, 15) is 4.79 Å². The largest absolute Gasteiger partial charge is 0.381 e. The van der Waals surface area contributed by atoms with E-state index in [1.807, 2.05) is 30.5 Å². The number of rotatable bonds is 5. The summed E-state index contributed by atoms with van der Waals surface area (Å²) in [5, 5.41) is 3.17. The minimum Gasteiger partial charge on any atom is -0.381 e. The van der Waals surface area contributed by atoms with E-state index in [1.165, 1.54) is 12.8 Å². The maximum atomic E-state index is 13.3. The highest BCUT2D eigenvalue weighted by molar-refractivity contribution is 9.10. The number of anilines is 1. The van der Waals surface area contributed by atoms with Crippen LogP contribution in [0, 0.1) is 5.92 Å². The standard InChI is InChI=1S/C24H30BrN3O2/c1-18-8-12-28(13-9-18)22-7-2-19(16-26-22)17-27-23(29)24(10-14-30-15-11-24)20-3-5-21(25)6-4-20/h2-7,16,18H,8-15,17H2,1H3,(H,27,29). The third-order valence-electron chi connectivity index (χ3n) is 6.55. The predicted octanol–water partition coefficient (Wildman–Crippen LogP) is 4.45. The highest BCUT2D eigenvalue weighted by Gasteiger charge is 2.41. The lowest BCUT2D eigenvalue weighted by atomic mass is 9.73. The number of benzene rings is 1. The fourth-order valence-corrected chi connectivity index (χ4v) is 4.70. The second-order valence-electron chi connectivity index (χ2n) is 8.58. The van der Waals surface area contributed by atoms with Crippen LogP contribution in [0.3, 0.4) is 0 Å². The molecule has 0 spiro atoms. The first-order valence-corrected chi connectivity index (χ1v) is 11.7. The van der Waals surface area contributed by atoms with Gasteiger partial charge in [0.1, 0.15) is 5.82 Å². The lowest BCUT2D eigenvalue weighted by molar-refractivity contribution is -0.130. The first-order chi connectivity index (χ1) is 14.6. The SMILES string of the molecule is CC1CCN(c2ccc(CNC(=O)C3(c4ccc(Br)cc4)CCOCC3)cn2)CC1. The van der Waals surface area contributed by atoms with Crippen molar-refractivity contribution in [3.05, 3.63) is 58.2 Å². The molecule has 2 saturated heterocycles. The first kappa shape index (κ1) is 21.3. The zero-order chi connectivity index (χ0) is 21.0. The van der Waals surface area contributed by atoms with Crippen molar-refractivity contribution in [1.82, 2.24) is 10.3 Å². The van der Waals surface area contributed by atoms with E-state index in [4.69, 9.17) is 4.74 Å². The number of carbonyl (C=O) groups is 1. The molecule has 1 amide bonds. The number of pyridine rings is 1. The van der Waals surface area contributed by atoms with Crippen molar-refractivity contribution in [3.63, 3.8) is 0 Å². The first-order valence-electron chi connectivity index (χ1n) is 10.9. The van der Waals surface area contributed by atoms with Crippen LogP contribution in [-0.2, 0) is 21.5 Å². The molecular formula is C24H30BrN3O2. The Bertz CT molecular complexity index is 840. The highest BCUT2D eigenvalue weighted by atomic mass is 79.9. The van der Waals surface area contributed by atoms with Gasteiger partial charge in [0.2, 0.25) is 5.91 Å². The minimum atomic E-state index is -0.531. The lowest BCUT2D eigenvalue weighted by Gasteiger charge is -2.36. The van der Waals surface area contributed by atoms with Gasteiger partial charge in [-0.25, -0.2) is 4.98 Å². The number of hydrogen-bond acceptors (Lipinski definition) is 4. The monoisotopic (exact) mass is 471 g/mol. The lowest BCUT2D eigenvalue weighted by Crippen LogP contribution is -2.47. The smallest absolute Gasteiger partial charge is 0.231 e. The molecule has 2 aliphatic heterocycles. The van der Waals surface area contributed by atoms with Crippen LogP contribution in [0.1, 0.15) is 43.7 Å². The summed E-state index contributed by atoms with van der Waals surface area (Å²) < 4.78 is 6.57. The molecular weight excluding hydrogens is 442 g/mol. The molecule has 1 aromatic carbocycles. The van der Waals surface area contributed by atoms with Gasteiger partial charge in [0.15, 0.2) is 0 Å². The van der Waals surface area contributed by atoms with Crippen molar-refractivity contribution in [2.45, 2.75) is 44.6 Å². The van der Waals surface area contributed by atoms with E-state index in [0.717, 1.165) is 40.4 Å². The number of ether oxygens (including phenoxy) is 1. The average Bonchev–Trinajstić information content (AvgIpc) is 2.79. The molecule has 160 valence electrons. The number of aromatic nitrogens is 1. The molecule has 1 N–H and O–H groups in total. The van der Waals surface area contributed by atoms with E-state index in [-0.39, 0.29) is 5.91 Å². The van der Waals surface area contributed by atoms with Crippen molar-refractivity contribution < 1.29 is 9.53 Å². The molecule has 30 heavy (non-hydrogen) atoms. The van der Waals surface area contributed by atoms with Crippen molar-refractivity contribution in [1.29, 1.82) is 0 Å². The minimum absolute atomic E-state index is 0.0715. The Morgan fingerprint density at radius 1 is 1.17 bits per heavy atom. The number of carbonyl (C=O) groups excluding carboxylic acids is 1. The summed E-state index contributed by atoms with van der Waals surface area (Å²) in [5.41, 5.74) is 1.55. The van der Waals surface area contributed by atoms with Gasteiger partial charge in [0.25, 0.3) is 0 Å². The summed E-state index contributed by atoms with van der Waals surface area (Å²) in [7, 11) is 0. The van der Waals surface area contributed by atoms with Crippen LogP contribution in [0.15, 0.2) is 47.1 Å². The Kier molecular flexibility index (Phi) is 6.74. The summed E-state index contributed by atoms with van der Waals surface area (Å²) in [5.74, 6) is 1.91. The van der Waals surface area contributed by atoms with Crippen molar-refractivity contribution in [2.75, 3.05) is 31.2 Å². The molecule has 0 bridgehead atoms. The molecule has 3 heterocycles. The quantitative estimate of drug-likeness (QED) is 0.699. The van der Waals surface area contributed by atoms with E-state index in [2.05, 4.69) is 50.2 Å². The van der Waals surface area contributed by atoms with Crippen LogP contribution >= 0.6 is 15.9 Å². The van der Waals surface area contributed by atoms with E-state index in [1.54, 1.807) is 0 Å². The Morgan fingerprint density at radius 2 is 1.87 bits per heavy atom. The summed E-state index contributed by atoms with van der Waals surface area (Å²) >= 11 is 3.49. The van der Waals surface area contributed by atoms with Crippen LogP contribution in [0.4, 0.5) is 5.82 Å². The van der Waals surface area contributed by atoms with Gasteiger partial charge in [-0.1, -0.05) is 41.1 Å². The Labute approximate surface area is 187 Å². The van der Waals surface area contributed by atoms with E-state index < -0.39 is 5.41 Å². The van der Waals surface area contributed by atoms with Gasteiger partial charge in [0.05, 0.1) is 5.41 Å². The van der Waals surface area contributed by atoms with Gasteiger partial charge >= 0.3 is 0 Å². The van der Waals surface area contributed by atoms with Crippen LogP contribution < -0.4 is 10.2 Å². The van der Waals surface area contributed by atoms with Crippen molar-refractivity contribution >= 4 is 27.7 Å². The molecule has 4 rings (SSSR count). The number of amides is 1. The third kappa shape index (κ3) is 4.70. The molecule has 0 unspecified atom stereocenters. The van der Waals surface area contributed by atoms with Gasteiger partial charge in [-0.3, -0.25) is 4.79 Å². The van der Waals surface area contributed by atoms with Gasteiger partial charge < -0.3 is 15.0 Å². The Morgan fingerprint density at radius 3 is 2.50 bits per heavy atom. The molecule has 2 fully saturated rings. The van der Waals surface area contributed by atoms with Crippen LogP contribution in [0.5, 0.6) is 0 Å². The van der Waals surface area contributed by atoms with Gasteiger partial charge in [-0.05, 0) is 60.9 Å². The fraction of sp³-hybridized carbons (Fsp3) is 0.500. The number of nitrogens with one attached hydrogen (secondary N) is 1. The average molecular weight is 472 g/mol. The maximum Gasteiger partial charge on any atom is 0.231 e. The van der Waals surface area contributed by atoms with Crippen molar-refractivity contribution in [2.24, 2.45) is 5.92 Å². The zero-order valence-electron chi connectivity index (χ0n) is 17.6. The molecule has 0 atom stereocenters. The van der Waals surface area contributed by atoms with Crippen LogP contribution in [0.25, 0.3) is 0 Å². The number of hydrogen-bond donors (Lipinski definition) is 1. The van der Waals surface area contributed by atoms with E-state index >= 15 is 0 Å². The van der Waals surface area contributed by atoms with Crippen LogP contribution in [-0.4, -0.2) is 37.2 Å². The fourth-order valence-electron chi connectivity index (χ4n) is 4.43. The maximum absolute atomic E-state index is 13.3. The topological polar surface area (TPSA) is 54.5 Å². The Hall–Kier alpha value is -1.92. The van der Waals surface area contributed by atoms with Crippen LogP contribution in [0.2, 0.25) is 0 Å². The molecule has 2 aliphatic rings. The third-order valence-corrected chi connectivity index (χ3v) is 7.08. The Balaban J connectivity index is 1.41. The normalized spacial score (nSPS) is 19.5. The molecule has 0 saturated carbocycles. The summed E-state index contributed by atoms with van der Waals surface area (Å²) in [4.78, 5) is 20.3. The molecule has 5 nitrogen and oxygen atoms in total. The number of piperidine rings is 1. The molecule has 0 radical (unpaired) electrons. The van der Waals surface area contributed by atoms with Gasteiger partial charge in [-0.2, -0.15) is 0 Å². The summed E-state index contributed by atoms with van der Waals surface area (Å²) in [6.45, 7) is 6.16. The van der Waals surface area contributed by atoms with E-state index in [0.29, 0.717) is 32.6 Å². The van der Waals surface area contributed by atoms with Crippen molar-refractivity contribution in [3.8, 4) is 0 Å². The second kappa shape index (κ2) is 9.48. The molecule has 0 aliphatic carbocycles. The number of halogens is 1. The van der Waals surface area contributed by atoms with Gasteiger partial charge in [-0.15, -0.1) is 0 Å². The van der Waals surface area contributed by atoms with Gasteiger partial charge in [0, 0.05) is 43.5 Å². The summed E-state index contributed by atoms with van der Waals surface area (Å²) in [6, 6.07) is 12.3. The molecule has 6 heteroatoms. The predicted molar refractivity (Wildman–Crippen MR) is 123 cm³/mol. The highest BCUT2D eigenvalue weighted by Crippen LogP contribution is 2.36. The molecule has 1 aromatic heterocycles. The number of nitrogens with zero attached hydrogens (tertiary/aromatic N) is 2. The zero-order valence-corrected chi connectivity index (χ0v) is 19.2.